The van der Waals surface area contributed by atoms with Crippen molar-refractivity contribution < 1.29 is 24.2 Å². The Hall–Kier alpha value is -3.43. The highest BCUT2D eigenvalue weighted by molar-refractivity contribution is 5.87. The van der Waals surface area contributed by atoms with Gasteiger partial charge in [-0.15, -0.1) is 12.4 Å². The normalized spacial score (nSPS) is 10.3. The topological polar surface area (TPSA) is 137 Å². The first kappa shape index (κ1) is 23.8. The Balaban J connectivity index is 0.00000341. The second-order valence-electron chi connectivity index (χ2n) is 6.50. The summed E-state index contributed by atoms with van der Waals surface area (Å²) in [5, 5.41) is 13.3. The van der Waals surface area contributed by atoms with Crippen molar-refractivity contribution >= 4 is 35.1 Å². The van der Waals surface area contributed by atoms with Gasteiger partial charge in [0.05, 0.1) is 0 Å². The molecule has 0 saturated heterocycles. The molecule has 0 atom stereocenters. The Morgan fingerprint density at radius 3 is 2.52 bits per heavy atom. The summed E-state index contributed by atoms with van der Waals surface area (Å²) in [6.45, 7) is 2.02. The Labute approximate surface area is 185 Å². The van der Waals surface area contributed by atoms with Crippen LogP contribution in [-0.2, 0) is 9.59 Å². The smallest absolute Gasteiger partial charge is 0.341 e. The molecule has 1 heterocycles. The van der Waals surface area contributed by atoms with E-state index in [1.165, 1.54) is 0 Å². The van der Waals surface area contributed by atoms with E-state index >= 15 is 0 Å². The van der Waals surface area contributed by atoms with E-state index in [0.717, 1.165) is 16.3 Å². The maximum Gasteiger partial charge on any atom is 0.341 e. The van der Waals surface area contributed by atoms with Crippen LogP contribution in [-0.4, -0.2) is 53.3 Å². The van der Waals surface area contributed by atoms with Crippen LogP contribution in [0.15, 0.2) is 42.5 Å². The van der Waals surface area contributed by atoms with E-state index in [1.807, 2.05) is 30.3 Å². The van der Waals surface area contributed by atoms with Crippen molar-refractivity contribution in [2.45, 2.75) is 6.92 Å². The van der Waals surface area contributed by atoms with Crippen LogP contribution in [0.2, 0.25) is 0 Å². The van der Waals surface area contributed by atoms with Crippen LogP contribution in [0.4, 0.5) is 0 Å². The van der Waals surface area contributed by atoms with Crippen LogP contribution in [0, 0.1) is 6.92 Å². The Kier molecular flexibility index (Phi) is 8.53. The molecule has 1 aromatic heterocycles. The number of halogens is 1. The molecule has 0 bridgehead atoms. The number of aliphatic carboxylic acids is 1. The number of nitrogens with one attached hydrogen (secondary N) is 1. The number of aromatic nitrogens is 2. The van der Waals surface area contributed by atoms with E-state index in [-0.39, 0.29) is 30.8 Å². The molecule has 1 amide bonds. The molecule has 0 aliphatic heterocycles. The van der Waals surface area contributed by atoms with Crippen molar-refractivity contribution in [3.05, 3.63) is 48.2 Å². The van der Waals surface area contributed by atoms with Crippen LogP contribution in [0.5, 0.6) is 11.6 Å². The Bertz CT molecular complexity index is 1080. The number of benzene rings is 2. The summed E-state index contributed by atoms with van der Waals surface area (Å²) in [5.41, 5.74) is 6.78. The molecule has 0 aliphatic carbocycles. The molecular weight excluding hydrogens is 424 g/mol. The van der Waals surface area contributed by atoms with Gasteiger partial charge in [-0.2, -0.15) is 4.98 Å². The molecule has 0 spiro atoms. The van der Waals surface area contributed by atoms with Gasteiger partial charge in [-0.1, -0.05) is 18.2 Å². The maximum absolute atomic E-state index is 11.6. The number of carbonyl (C=O) groups is 2. The van der Waals surface area contributed by atoms with Gasteiger partial charge in [-0.05, 0) is 35.9 Å². The second kappa shape index (κ2) is 11.1. The quantitative estimate of drug-likeness (QED) is 0.453. The third-order valence-electron chi connectivity index (χ3n) is 4.08. The van der Waals surface area contributed by atoms with Crippen LogP contribution in [0.3, 0.4) is 0 Å². The zero-order valence-corrected chi connectivity index (χ0v) is 17.6. The predicted octanol–water partition coefficient (Wildman–Crippen LogP) is 1.94. The molecule has 0 radical (unpaired) electrons. The summed E-state index contributed by atoms with van der Waals surface area (Å²) < 4.78 is 10.7. The van der Waals surface area contributed by atoms with Crippen LogP contribution < -0.4 is 20.5 Å². The van der Waals surface area contributed by atoms with Gasteiger partial charge in [0.15, 0.2) is 19.0 Å². The van der Waals surface area contributed by atoms with Crippen molar-refractivity contribution in [2.75, 3.05) is 26.3 Å². The minimum absolute atomic E-state index is 0. The van der Waals surface area contributed by atoms with E-state index in [1.54, 1.807) is 19.1 Å². The largest absolute Gasteiger partial charge is 0.484 e. The zero-order valence-electron chi connectivity index (χ0n) is 16.8. The number of aryl methyl sites for hydroxylation is 1. The van der Waals surface area contributed by atoms with Crippen LogP contribution >= 0.6 is 12.4 Å². The molecule has 0 unspecified atom stereocenters. The van der Waals surface area contributed by atoms with Crippen molar-refractivity contribution in [2.24, 2.45) is 5.73 Å². The third kappa shape index (κ3) is 6.80. The van der Waals surface area contributed by atoms with Crippen LogP contribution in [0.25, 0.3) is 22.2 Å². The lowest BCUT2D eigenvalue weighted by molar-refractivity contribution is -0.139. The molecular formula is C21H23ClN4O5. The van der Waals surface area contributed by atoms with Gasteiger partial charge in [0.25, 0.3) is 5.91 Å². The van der Waals surface area contributed by atoms with E-state index in [2.05, 4.69) is 15.3 Å². The molecule has 3 aromatic rings. The highest BCUT2D eigenvalue weighted by Gasteiger charge is 2.09. The molecule has 3 rings (SSSR count). The standard InChI is InChI=1S/C21H22N4O5.ClH/c1-13-8-19(30-12-20(27)28)25-21(24-13)16-3-2-15-10-17(5-4-14(15)9-16)29-11-18(26)23-7-6-22;/h2-5,8-10H,6-7,11-12,22H2,1H3,(H,23,26)(H,27,28);1H. The summed E-state index contributed by atoms with van der Waals surface area (Å²) in [6, 6.07) is 12.8. The lowest BCUT2D eigenvalue weighted by Gasteiger charge is -2.09. The maximum atomic E-state index is 11.6. The number of ether oxygens (including phenoxy) is 2. The number of carbonyl (C=O) groups excluding carboxylic acids is 1. The number of hydrogen-bond acceptors (Lipinski definition) is 7. The van der Waals surface area contributed by atoms with Gasteiger partial charge < -0.3 is 25.6 Å². The van der Waals surface area contributed by atoms with Gasteiger partial charge >= 0.3 is 5.97 Å². The van der Waals surface area contributed by atoms with Gasteiger partial charge in [0.2, 0.25) is 5.88 Å². The fraction of sp³-hybridized carbons (Fsp3) is 0.238. The fourth-order valence-electron chi connectivity index (χ4n) is 2.74. The molecule has 4 N–H and O–H groups in total. The number of carboxylic acids is 1. The monoisotopic (exact) mass is 446 g/mol. The summed E-state index contributed by atoms with van der Waals surface area (Å²) in [7, 11) is 0. The molecule has 2 aromatic carbocycles. The van der Waals surface area contributed by atoms with Gasteiger partial charge in [-0.25, -0.2) is 9.78 Å². The average Bonchev–Trinajstić information content (AvgIpc) is 2.74. The number of nitrogens with zero attached hydrogens (tertiary/aromatic N) is 2. The van der Waals surface area contributed by atoms with Crippen molar-refractivity contribution in [3.63, 3.8) is 0 Å². The summed E-state index contributed by atoms with van der Waals surface area (Å²) >= 11 is 0. The lowest BCUT2D eigenvalue weighted by Crippen LogP contribution is -2.32. The van der Waals surface area contributed by atoms with E-state index in [4.69, 9.17) is 20.3 Å². The Morgan fingerprint density at radius 2 is 1.77 bits per heavy atom. The number of nitrogens with two attached hydrogens (primary N) is 1. The van der Waals surface area contributed by atoms with Crippen LogP contribution in [0.1, 0.15) is 5.69 Å². The summed E-state index contributed by atoms with van der Waals surface area (Å²) in [5.74, 6) is -0.0815. The number of carboxylic acid groups (broad SMARTS) is 1. The van der Waals surface area contributed by atoms with E-state index in [0.29, 0.717) is 30.4 Å². The van der Waals surface area contributed by atoms with E-state index in [9.17, 15) is 9.59 Å². The second-order valence-corrected chi connectivity index (χ2v) is 6.50. The lowest BCUT2D eigenvalue weighted by atomic mass is 10.1. The van der Waals surface area contributed by atoms with Crippen molar-refractivity contribution in [1.29, 1.82) is 0 Å². The first-order chi connectivity index (χ1) is 14.4. The number of amides is 1. The molecule has 31 heavy (non-hydrogen) atoms. The number of hydrogen-bond donors (Lipinski definition) is 3. The summed E-state index contributed by atoms with van der Waals surface area (Å²) in [6.07, 6.45) is 0. The van der Waals surface area contributed by atoms with Gasteiger partial charge in [-0.3, -0.25) is 4.79 Å². The zero-order chi connectivity index (χ0) is 21.5. The Morgan fingerprint density at radius 1 is 1.03 bits per heavy atom. The SMILES string of the molecule is Cc1cc(OCC(=O)O)nc(-c2ccc3cc(OCC(=O)NCCN)ccc3c2)n1.Cl. The average molecular weight is 447 g/mol. The highest BCUT2D eigenvalue weighted by atomic mass is 35.5. The molecule has 9 nitrogen and oxygen atoms in total. The molecule has 164 valence electrons. The highest BCUT2D eigenvalue weighted by Crippen LogP contribution is 2.26. The van der Waals surface area contributed by atoms with Crippen molar-refractivity contribution in [1.82, 2.24) is 15.3 Å². The van der Waals surface area contributed by atoms with Crippen molar-refractivity contribution in [3.8, 4) is 23.0 Å². The van der Waals surface area contributed by atoms with Gasteiger partial charge in [0.1, 0.15) is 5.75 Å². The fourth-order valence-corrected chi connectivity index (χ4v) is 2.74. The van der Waals surface area contributed by atoms with Gasteiger partial charge in [0, 0.05) is 30.4 Å². The minimum atomic E-state index is -1.08. The molecule has 0 saturated carbocycles. The summed E-state index contributed by atoms with van der Waals surface area (Å²) in [4.78, 5) is 31.1. The predicted molar refractivity (Wildman–Crippen MR) is 118 cm³/mol. The molecule has 10 heteroatoms. The number of rotatable bonds is 9. The van der Waals surface area contributed by atoms with E-state index < -0.39 is 12.6 Å². The third-order valence-corrected chi connectivity index (χ3v) is 4.08. The number of fused-ring (bicyclic) bond motifs is 1. The molecule has 0 fully saturated rings. The first-order valence-corrected chi connectivity index (χ1v) is 9.28. The minimum Gasteiger partial charge on any atom is -0.484 e. The first-order valence-electron chi connectivity index (χ1n) is 9.28. The molecule has 0 aliphatic rings.